The molecule has 1 rings (SSSR count). The highest BCUT2D eigenvalue weighted by Crippen LogP contribution is 1.99. The zero-order valence-corrected chi connectivity index (χ0v) is 6.16. The molecule has 0 fully saturated rings. The Balaban J connectivity index is 2.57. The number of aldehydes is 1. The fraction of sp³-hybridized carbons (Fsp3) is 0.222. The highest BCUT2D eigenvalue weighted by molar-refractivity contribution is 5.57. The minimum absolute atomic E-state index is 0.384. The van der Waals surface area contributed by atoms with E-state index in [1.54, 1.807) is 0 Å². The van der Waals surface area contributed by atoms with E-state index < -0.39 is 0 Å². The van der Waals surface area contributed by atoms with Crippen molar-refractivity contribution in [1.82, 2.24) is 0 Å². The fourth-order valence-corrected chi connectivity index (χ4v) is 0.878. The molecule has 0 unspecified atom stereocenters. The van der Waals surface area contributed by atoms with Crippen molar-refractivity contribution in [2.24, 2.45) is 5.73 Å². The number of rotatable bonds is 3. The van der Waals surface area contributed by atoms with Crippen LogP contribution in [0.1, 0.15) is 5.56 Å². The summed E-state index contributed by atoms with van der Waals surface area (Å²) in [6.45, 7) is 0. The van der Waals surface area contributed by atoms with Crippen LogP contribution < -0.4 is 5.73 Å². The molecule has 0 heterocycles. The molecule has 0 bridgehead atoms. The summed E-state index contributed by atoms with van der Waals surface area (Å²) in [4.78, 5) is 10.2. The summed E-state index contributed by atoms with van der Waals surface area (Å²) >= 11 is 0. The van der Waals surface area contributed by atoms with Crippen molar-refractivity contribution in [2.75, 3.05) is 0 Å². The summed E-state index contributed by atoms with van der Waals surface area (Å²) in [6, 6.07) is 10.00. The third-order valence-corrected chi connectivity index (χ3v) is 1.42. The monoisotopic (exact) mass is 148 g/mol. The molecule has 11 heavy (non-hydrogen) atoms. The van der Waals surface area contributed by atoms with Gasteiger partial charge in [-0.1, -0.05) is 24.3 Å². The average molecular weight is 148 g/mol. The smallest absolute Gasteiger partial charge is 0.137 e. The van der Waals surface area contributed by atoms with E-state index in [2.05, 4.69) is 6.07 Å². The summed E-state index contributed by atoms with van der Waals surface area (Å²) in [6.07, 6.45) is 1.36. The van der Waals surface area contributed by atoms with Crippen LogP contribution in [0.3, 0.4) is 0 Å². The van der Waals surface area contributed by atoms with Crippen molar-refractivity contribution in [1.29, 1.82) is 0 Å². The third-order valence-electron chi connectivity index (χ3n) is 1.42. The van der Waals surface area contributed by atoms with Crippen molar-refractivity contribution in [2.45, 2.75) is 12.5 Å². The van der Waals surface area contributed by atoms with Gasteiger partial charge in [0.05, 0.1) is 6.04 Å². The van der Waals surface area contributed by atoms with Gasteiger partial charge in [-0.25, -0.2) is 0 Å². The molecule has 2 N–H and O–H groups in total. The Kier molecular flexibility index (Phi) is 2.81. The van der Waals surface area contributed by atoms with Gasteiger partial charge in [-0.05, 0) is 18.1 Å². The number of carbonyl (C=O) groups is 1. The van der Waals surface area contributed by atoms with Crippen LogP contribution in [0.25, 0.3) is 0 Å². The van der Waals surface area contributed by atoms with Gasteiger partial charge in [0, 0.05) is 0 Å². The van der Waals surface area contributed by atoms with E-state index in [0.29, 0.717) is 6.42 Å². The van der Waals surface area contributed by atoms with Crippen LogP contribution in [-0.2, 0) is 11.2 Å². The minimum Gasteiger partial charge on any atom is -0.321 e. The summed E-state index contributed by atoms with van der Waals surface area (Å²) in [5.74, 6) is 0. The topological polar surface area (TPSA) is 43.1 Å². The molecular weight excluding hydrogens is 138 g/mol. The Morgan fingerprint density at radius 2 is 2.55 bits per heavy atom. The zero-order valence-electron chi connectivity index (χ0n) is 6.16. The number of hydrogen-bond donors (Lipinski definition) is 1. The van der Waals surface area contributed by atoms with Crippen LogP contribution in [-0.4, -0.2) is 12.3 Å². The van der Waals surface area contributed by atoms with E-state index in [-0.39, 0.29) is 6.04 Å². The highest BCUT2D eigenvalue weighted by atomic mass is 16.1. The molecule has 0 aliphatic heterocycles. The Morgan fingerprint density at radius 3 is 3.09 bits per heavy atom. The first-order chi connectivity index (χ1) is 5.33. The van der Waals surface area contributed by atoms with Gasteiger partial charge in [-0.15, -0.1) is 0 Å². The second-order valence-corrected chi connectivity index (χ2v) is 2.42. The predicted molar refractivity (Wildman–Crippen MR) is 43.0 cm³/mol. The summed E-state index contributed by atoms with van der Waals surface area (Å²) in [5.41, 5.74) is 6.47. The van der Waals surface area contributed by atoms with Gasteiger partial charge in [0.15, 0.2) is 0 Å². The van der Waals surface area contributed by atoms with Gasteiger partial charge in [0.1, 0.15) is 6.29 Å². The lowest BCUT2D eigenvalue weighted by atomic mass is 10.1. The summed E-state index contributed by atoms with van der Waals surface area (Å²) < 4.78 is 0. The van der Waals surface area contributed by atoms with E-state index in [0.717, 1.165) is 11.8 Å². The van der Waals surface area contributed by atoms with Crippen molar-refractivity contribution >= 4 is 6.29 Å². The SMILES string of the molecule is N[C@H](C=O)Cc1c[c]ccc1. The van der Waals surface area contributed by atoms with Gasteiger partial charge in [0.25, 0.3) is 0 Å². The van der Waals surface area contributed by atoms with Crippen molar-refractivity contribution in [3.05, 3.63) is 35.9 Å². The van der Waals surface area contributed by atoms with E-state index >= 15 is 0 Å². The second-order valence-electron chi connectivity index (χ2n) is 2.42. The maximum Gasteiger partial charge on any atom is 0.137 e. The molecule has 0 aliphatic carbocycles. The summed E-state index contributed by atoms with van der Waals surface area (Å²) in [5, 5.41) is 0. The van der Waals surface area contributed by atoms with Crippen LogP contribution in [0.2, 0.25) is 0 Å². The lowest BCUT2D eigenvalue weighted by Crippen LogP contribution is -2.23. The zero-order chi connectivity index (χ0) is 8.10. The molecule has 0 amide bonds. The molecule has 0 saturated heterocycles. The van der Waals surface area contributed by atoms with Crippen LogP contribution in [0.15, 0.2) is 24.3 Å². The Hall–Kier alpha value is -1.15. The molecule has 57 valence electrons. The second kappa shape index (κ2) is 3.88. The molecule has 2 heteroatoms. The maximum absolute atomic E-state index is 10.2. The number of nitrogens with two attached hydrogens (primary N) is 1. The van der Waals surface area contributed by atoms with E-state index in [4.69, 9.17) is 5.73 Å². The van der Waals surface area contributed by atoms with Crippen LogP contribution in [0, 0.1) is 6.07 Å². The average Bonchev–Trinajstić information content (AvgIpc) is 2.06. The van der Waals surface area contributed by atoms with Gasteiger partial charge >= 0.3 is 0 Å². The first-order valence-corrected chi connectivity index (χ1v) is 3.49. The first-order valence-electron chi connectivity index (χ1n) is 3.49. The van der Waals surface area contributed by atoms with E-state index in [1.807, 2.05) is 24.3 Å². The molecule has 2 nitrogen and oxygen atoms in total. The minimum atomic E-state index is -0.384. The molecular formula is C9H10NO. The largest absolute Gasteiger partial charge is 0.321 e. The molecule has 0 aliphatic rings. The third kappa shape index (κ3) is 2.51. The predicted octanol–water partition coefficient (Wildman–Crippen LogP) is 0.555. The van der Waals surface area contributed by atoms with Gasteiger partial charge in [-0.2, -0.15) is 0 Å². The van der Waals surface area contributed by atoms with E-state index in [1.165, 1.54) is 0 Å². The van der Waals surface area contributed by atoms with E-state index in [9.17, 15) is 4.79 Å². The molecule has 0 aromatic heterocycles. The van der Waals surface area contributed by atoms with Gasteiger partial charge in [-0.3, -0.25) is 0 Å². The molecule has 1 atom stereocenters. The lowest BCUT2D eigenvalue weighted by molar-refractivity contribution is -0.108. The maximum atomic E-state index is 10.2. The van der Waals surface area contributed by atoms with Gasteiger partial charge < -0.3 is 10.5 Å². The van der Waals surface area contributed by atoms with Crippen molar-refractivity contribution in [3.8, 4) is 0 Å². The molecule has 1 aromatic rings. The Labute approximate surface area is 66.0 Å². The van der Waals surface area contributed by atoms with Crippen LogP contribution in [0.4, 0.5) is 0 Å². The van der Waals surface area contributed by atoms with Crippen LogP contribution in [0.5, 0.6) is 0 Å². The molecule has 1 aromatic carbocycles. The summed E-state index contributed by atoms with van der Waals surface area (Å²) in [7, 11) is 0. The number of hydrogen-bond acceptors (Lipinski definition) is 2. The lowest BCUT2D eigenvalue weighted by Gasteiger charge is -2.01. The standard InChI is InChI=1S/C9H10NO/c10-9(7-11)6-8-4-2-1-3-5-8/h1-2,4-5,7,9H,6,10H2/t9-/m0/s1. The first kappa shape index (κ1) is 7.95. The van der Waals surface area contributed by atoms with Crippen LogP contribution >= 0.6 is 0 Å². The Bertz CT molecular complexity index is 220. The van der Waals surface area contributed by atoms with Gasteiger partial charge in [0.2, 0.25) is 0 Å². The fourth-order valence-electron chi connectivity index (χ4n) is 0.878. The molecule has 1 radical (unpaired) electrons. The normalized spacial score (nSPS) is 12.5. The molecule has 0 spiro atoms. The number of benzene rings is 1. The Morgan fingerprint density at radius 1 is 1.73 bits per heavy atom. The quantitative estimate of drug-likeness (QED) is 0.636. The molecule has 0 saturated carbocycles. The van der Waals surface area contributed by atoms with Crippen molar-refractivity contribution in [3.63, 3.8) is 0 Å². The van der Waals surface area contributed by atoms with Crippen molar-refractivity contribution < 1.29 is 4.79 Å². The number of carbonyl (C=O) groups excluding carboxylic acids is 1. The highest BCUT2D eigenvalue weighted by Gasteiger charge is 1.99.